The minimum atomic E-state index is -0.169. The molecular formula is C23H25N3O2S. The van der Waals surface area contributed by atoms with Gasteiger partial charge in [0.15, 0.2) is 5.17 Å². The molecule has 0 radical (unpaired) electrons. The summed E-state index contributed by atoms with van der Waals surface area (Å²) in [5, 5.41) is 0.804. The zero-order chi connectivity index (χ0) is 20.2. The van der Waals surface area contributed by atoms with Gasteiger partial charge in [-0.3, -0.25) is 4.79 Å². The van der Waals surface area contributed by atoms with Crippen molar-refractivity contribution >= 4 is 34.6 Å². The van der Waals surface area contributed by atoms with Crippen molar-refractivity contribution in [1.82, 2.24) is 4.90 Å². The van der Waals surface area contributed by atoms with Gasteiger partial charge in [0.25, 0.3) is 5.91 Å². The number of hydrogen-bond donors (Lipinski definition) is 0. The number of benzene rings is 2. The zero-order valence-corrected chi connectivity index (χ0v) is 17.6. The number of anilines is 1. The fraction of sp³-hybridized carbons (Fsp3) is 0.304. The van der Waals surface area contributed by atoms with E-state index in [2.05, 4.69) is 46.0 Å². The molecule has 0 atom stereocenters. The van der Waals surface area contributed by atoms with Crippen LogP contribution < -0.4 is 9.64 Å². The van der Waals surface area contributed by atoms with Gasteiger partial charge in [-0.2, -0.15) is 4.99 Å². The summed E-state index contributed by atoms with van der Waals surface area (Å²) < 4.78 is 5.67. The van der Waals surface area contributed by atoms with E-state index >= 15 is 0 Å². The van der Waals surface area contributed by atoms with Gasteiger partial charge in [0, 0.05) is 37.4 Å². The Morgan fingerprint density at radius 3 is 2.45 bits per heavy atom. The van der Waals surface area contributed by atoms with Crippen LogP contribution in [-0.2, 0) is 4.79 Å². The van der Waals surface area contributed by atoms with Gasteiger partial charge in [0.1, 0.15) is 5.75 Å². The predicted molar refractivity (Wildman–Crippen MR) is 121 cm³/mol. The summed E-state index contributed by atoms with van der Waals surface area (Å²) in [6, 6.07) is 16.4. The third kappa shape index (κ3) is 4.48. The van der Waals surface area contributed by atoms with Crippen LogP contribution in [0.15, 0.2) is 58.4 Å². The van der Waals surface area contributed by atoms with E-state index in [1.165, 1.54) is 23.0 Å². The molecule has 0 unspecified atom stereocenters. The van der Waals surface area contributed by atoms with Crippen LogP contribution in [0, 0.1) is 6.92 Å². The molecule has 0 aromatic heterocycles. The fourth-order valence-corrected chi connectivity index (χ4v) is 4.43. The first-order valence-electron chi connectivity index (χ1n) is 9.95. The van der Waals surface area contributed by atoms with E-state index in [9.17, 15) is 4.79 Å². The number of aliphatic imine (C=N–C) groups is 1. The number of piperazine rings is 1. The third-order valence-corrected chi connectivity index (χ3v) is 6.11. The fourth-order valence-electron chi connectivity index (χ4n) is 3.47. The number of amides is 1. The molecule has 1 fully saturated rings. The van der Waals surface area contributed by atoms with Crippen LogP contribution in [0.5, 0.6) is 5.75 Å². The minimum Gasteiger partial charge on any atom is -0.493 e. The lowest BCUT2D eigenvalue weighted by Crippen LogP contribution is -2.47. The minimum absolute atomic E-state index is 0.169. The van der Waals surface area contributed by atoms with Gasteiger partial charge in [0.2, 0.25) is 0 Å². The number of para-hydroxylation sites is 1. The Balaban J connectivity index is 1.41. The van der Waals surface area contributed by atoms with Crippen LogP contribution in [0.1, 0.15) is 18.1 Å². The number of aryl methyl sites for hydroxylation is 1. The Bertz CT molecular complexity index is 945. The molecule has 0 spiro atoms. The zero-order valence-electron chi connectivity index (χ0n) is 16.8. The summed E-state index contributed by atoms with van der Waals surface area (Å²) in [6.45, 7) is 8.20. The molecule has 2 aliphatic heterocycles. The second kappa shape index (κ2) is 8.74. The maximum absolute atomic E-state index is 12.5. The van der Waals surface area contributed by atoms with E-state index in [1.54, 1.807) is 0 Å². The normalized spacial score (nSPS) is 18.3. The molecule has 150 valence electrons. The second-order valence-electron chi connectivity index (χ2n) is 7.09. The topological polar surface area (TPSA) is 45.1 Å². The van der Waals surface area contributed by atoms with Gasteiger partial charge in [-0.05, 0) is 49.9 Å². The van der Waals surface area contributed by atoms with Crippen molar-refractivity contribution in [3.63, 3.8) is 0 Å². The number of hydrogen-bond acceptors (Lipinski definition) is 5. The lowest BCUT2D eigenvalue weighted by Gasteiger charge is -2.36. The van der Waals surface area contributed by atoms with Crippen molar-refractivity contribution in [3.05, 3.63) is 64.6 Å². The first-order valence-corrected chi connectivity index (χ1v) is 10.8. The van der Waals surface area contributed by atoms with E-state index in [1.807, 2.05) is 37.3 Å². The summed E-state index contributed by atoms with van der Waals surface area (Å²) in [5.41, 5.74) is 3.43. The van der Waals surface area contributed by atoms with Crippen LogP contribution in [0.3, 0.4) is 0 Å². The maximum atomic E-state index is 12.5. The molecule has 1 saturated heterocycles. The van der Waals surface area contributed by atoms with Gasteiger partial charge in [-0.15, -0.1) is 0 Å². The summed E-state index contributed by atoms with van der Waals surface area (Å²) in [7, 11) is 0. The third-order valence-electron chi connectivity index (χ3n) is 5.06. The summed E-state index contributed by atoms with van der Waals surface area (Å²) in [5.74, 6) is 0.619. The molecule has 0 N–H and O–H groups in total. The molecule has 29 heavy (non-hydrogen) atoms. The smallest absolute Gasteiger partial charge is 0.286 e. The monoisotopic (exact) mass is 407 g/mol. The highest BCUT2D eigenvalue weighted by Crippen LogP contribution is 2.33. The number of ether oxygens (including phenoxy) is 1. The SMILES string of the molecule is CCOc1ccccc1C=C1SC(N2CCN(c3ccc(C)cc3)CC2)=NC1=O. The molecule has 2 aliphatic rings. The number of carbonyl (C=O) groups is 1. The predicted octanol–water partition coefficient (Wildman–Crippen LogP) is 4.19. The Morgan fingerprint density at radius 2 is 1.72 bits per heavy atom. The van der Waals surface area contributed by atoms with Gasteiger partial charge >= 0.3 is 0 Å². The van der Waals surface area contributed by atoms with Crippen LogP contribution in [-0.4, -0.2) is 48.8 Å². The molecule has 2 aromatic carbocycles. The van der Waals surface area contributed by atoms with E-state index in [-0.39, 0.29) is 5.91 Å². The molecule has 0 aliphatic carbocycles. The van der Waals surface area contributed by atoms with Crippen LogP contribution >= 0.6 is 11.8 Å². The highest BCUT2D eigenvalue weighted by atomic mass is 32.2. The largest absolute Gasteiger partial charge is 0.493 e. The van der Waals surface area contributed by atoms with Crippen molar-refractivity contribution < 1.29 is 9.53 Å². The van der Waals surface area contributed by atoms with E-state index < -0.39 is 0 Å². The van der Waals surface area contributed by atoms with Crippen molar-refractivity contribution in [3.8, 4) is 5.75 Å². The Hall–Kier alpha value is -2.73. The molecule has 2 heterocycles. The lowest BCUT2D eigenvalue weighted by molar-refractivity contribution is -0.113. The first kappa shape index (κ1) is 19.6. The molecule has 4 rings (SSSR count). The van der Waals surface area contributed by atoms with E-state index in [4.69, 9.17) is 4.74 Å². The number of nitrogens with zero attached hydrogens (tertiary/aromatic N) is 3. The van der Waals surface area contributed by atoms with Gasteiger partial charge < -0.3 is 14.5 Å². The highest BCUT2D eigenvalue weighted by molar-refractivity contribution is 8.18. The molecule has 1 amide bonds. The number of amidine groups is 1. The van der Waals surface area contributed by atoms with Crippen molar-refractivity contribution in [2.24, 2.45) is 4.99 Å². The lowest BCUT2D eigenvalue weighted by atomic mass is 10.2. The van der Waals surface area contributed by atoms with Crippen LogP contribution in [0.2, 0.25) is 0 Å². The molecule has 2 aromatic rings. The van der Waals surface area contributed by atoms with Gasteiger partial charge in [-0.25, -0.2) is 0 Å². The van der Waals surface area contributed by atoms with Crippen LogP contribution in [0.4, 0.5) is 5.69 Å². The quantitative estimate of drug-likeness (QED) is 0.712. The van der Waals surface area contributed by atoms with E-state index in [0.717, 1.165) is 42.7 Å². The Kier molecular flexibility index (Phi) is 5.90. The van der Waals surface area contributed by atoms with Crippen LogP contribution in [0.25, 0.3) is 6.08 Å². The first-order chi connectivity index (χ1) is 14.1. The van der Waals surface area contributed by atoms with Gasteiger partial charge in [-0.1, -0.05) is 35.9 Å². The van der Waals surface area contributed by atoms with Crippen molar-refractivity contribution in [1.29, 1.82) is 0 Å². The standard InChI is InChI=1S/C23H25N3O2S/c1-3-28-20-7-5-4-6-18(20)16-21-22(27)24-23(29-21)26-14-12-25(13-15-26)19-10-8-17(2)9-11-19/h4-11,16H,3,12-15H2,1-2H3. The van der Waals surface area contributed by atoms with E-state index in [0.29, 0.717) is 11.5 Å². The average Bonchev–Trinajstić information content (AvgIpc) is 3.11. The molecule has 0 bridgehead atoms. The molecule has 0 saturated carbocycles. The maximum Gasteiger partial charge on any atom is 0.286 e. The Labute approximate surface area is 176 Å². The summed E-state index contributed by atoms with van der Waals surface area (Å²) in [4.78, 5) is 22.0. The van der Waals surface area contributed by atoms with Crippen molar-refractivity contribution in [2.45, 2.75) is 13.8 Å². The number of thioether (sulfide) groups is 1. The van der Waals surface area contributed by atoms with Gasteiger partial charge in [0.05, 0.1) is 11.5 Å². The molecular weight excluding hydrogens is 382 g/mol. The highest BCUT2D eigenvalue weighted by Gasteiger charge is 2.28. The Morgan fingerprint density at radius 1 is 1.03 bits per heavy atom. The number of rotatable bonds is 4. The number of carbonyl (C=O) groups excluding carboxylic acids is 1. The second-order valence-corrected chi connectivity index (χ2v) is 8.10. The summed E-state index contributed by atoms with van der Waals surface area (Å²) >= 11 is 1.46. The molecule has 6 heteroatoms. The van der Waals surface area contributed by atoms with Crippen molar-refractivity contribution in [2.75, 3.05) is 37.7 Å². The molecule has 5 nitrogen and oxygen atoms in total. The summed E-state index contributed by atoms with van der Waals surface area (Å²) in [6.07, 6.45) is 1.89. The average molecular weight is 408 g/mol.